The quantitative estimate of drug-likeness (QED) is 0.425. The molecule has 0 unspecified atom stereocenters. The fraction of sp³-hybridized carbons (Fsp3) is 0.500. The second-order valence-electron chi connectivity index (χ2n) is 10.1. The molecule has 0 fully saturated rings. The van der Waals surface area contributed by atoms with Gasteiger partial charge >= 0.3 is 5.97 Å². The number of nitrogens with zero attached hydrogens (tertiary/aromatic N) is 1. The first-order valence-corrected chi connectivity index (χ1v) is 11.6. The Morgan fingerprint density at radius 1 is 1.12 bits per heavy atom. The largest absolute Gasteiger partial charge is 0.488 e. The molecule has 170 valence electrons. The summed E-state index contributed by atoms with van der Waals surface area (Å²) in [5.74, 6) is 6.66. The van der Waals surface area contributed by atoms with Crippen LogP contribution >= 0.6 is 0 Å². The van der Waals surface area contributed by atoms with Crippen LogP contribution in [0.15, 0.2) is 30.5 Å². The van der Waals surface area contributed by atoms with Crippen LogP contribution in [0.3, 0.4) is 0 Å². The lowest BCUT2D eigenvalue weighted by molar-refractivity contribution is -0.136. The van der Waals surface area contributed by atoms with Crippen LogP contribution in [-0.2, 0) is 23.1 Å². The van der Waals surface area contributed by atoms with Crippen molar-refractivity contribution in [3.8, 4) is 17.6 Å². The van der Waals surface area contributed by atoms with Gasteiger partial charge in [-0.25, -0.2) is 4.98 Å². The molecule has 0 amide bonds. The number of pyridine rings is 1. The Hall–Kier alpha value is -2.80. The Balaban J connectivity index is 1.95. The zero-order valence-electron chi connectivity index (χ0n) is 20.0. The number of hydrogen-bond donors (Lipinski definition) is 1. The molecule has 0 bridgehead atoms. The normalized spacial score (nSPS) is 15.8. The van der Waals surface area contributed by atoms with Crippen molar-refractivity contribution in [2.45, 2.75) is 90.6 Å². The van der Waals surface area contributed by atoms with Gasteiger partial charge in [-0.05, 0) is 73.8 Å². The van der Waals surface area contributed by atoms with Crippen molar-refractivity contribution in [3.63, 3.8) is 0 Å². The highest BCUT2D eigenvalue weighted by molar-refractivity contribution is 5.70. The van der Waals surface area contributed by atoms with E-state index < -0.39 is 5.97 Å². The van der Waals surface area contributed by atoms with E-state index in [1.165, 1.54) is 30.4 Å². The number of carboxylic acid groups (broad SMARTS) is 1. The molecule has 32 heavy (non-hydrogen) atoms. The lowest BCUT2D eigenvalue weighted by Gasteiger charge is -2.42. The highest BCUT2D eigenvalue weighted by Gasteiger charge is 2.39. The van der Waals surface area contributed by atoms with Gasteiger partial charge in [0, 0.05) is 17.3 Å². The molecule has 1 aliphatic rings. The average molecular weight is 434 g/mol. The Bertz CT molecular complexity index is 1020. The van der Waals surface area contributed by atoms with Gasteiger partial charge in [0.2, 0.25) is 0 Å². The number of carbonyl (C=O) groups is 1. The molecule has 0 radical (unpaired) electrons. The Morgan fingerprint density at radius 3 is 2.56 bits per heavy atom. The maximum absolute atomic E-state index is 10.9. The summed E-state index contributed by atoms with van der Waals surface area (Å²) in [6.45, 7) is 11.1. The first-order chi connectivity index (χ1) is 15.1. The van der Waals surface area contributed by atoms with Gasteiger partial charge in [0.25, 0.3) is 0 Å². The summed E-state index contributed by atoms with van der Waals surface area (Å²) in [7, 11) is 0. The SMILES string of the molecule is CCCCCCc1cc2c(cc1C#Cc1ccc(CC(=O)O)cn1)C(C)(C)CC(C)(C)O2. The Kier molecular flexibility index (Phi) is 7.29. The molecule has 0 atom stereocenters. The smallest absolute Gasteiger partial charge is 0.307 e. The van der Waals surface area contributed by atoms with E-state index in [4.69, 9.17) is 9.84 Å². The van der Waals surface area contributed by atoms with Crippen LogP contribution in [0.25, 0.3) is 0 Å². The van der Waals surface area contributed by atoms with E-state index in [2.05, 4.69) is 63.6 Å². The number of ether oxygens (including phenoxy) is 1. The second-order valence-corrected chi connectivity index (χ2v) is 10.1. The second kappa shape index (κ2) is 9.77. The summed E-state index contributed by atoms with van der Waals surface area (Å²) < 4.78 is 6.38. The van der Waals surface area contributed by atoms with Gasteiger partial charge in [0.05, 0.1) is 6.42 Å². The van der Waals surface area contributed by atoms with Crippen molar-refractivity contribution in [3.05, 3.63) is 58.4 Å². The molecule has 0 spiro atoms. The molecular weight excluding hydrogens is 398 g/mol. The number of hydrogen-bond acceptors (Lipinski definition) is 3. The minimum absolute atomic E-state index is 0.00494. The van der Waals surface area contributed by atoms with Crippen molar-refractivity contribution in [1.82, 2.24) is 4.98 Å². The Morgan fingerprint density at radius 2 is 1.91 bits per heavy atom. The Labute approximate surface area is 192 Å². The fourth-order valence-electron chi connectivity index (χ4n) is 4.70. The van der Waals surface area contributed by atoms with Crippen molar-refractivity contribution in [2.24, 2.45) is 0 Å². The molecule has 2 aromatic rings. The standard InChI is InChI=1S/C28H35NO3/c1-6-7-8-9-10-21-17-25-24(27(2,3)19-28(4,5)32-25)16-22(21)12-14-23-13-11-20(18-29-23)15-26(30)31/h11,13,16-18H,6-10,15,19H2,1-5H3,(H,30,31). The summed E-state index contributed by atoms with van der Waals surface area (Å²) in [4.78, 5) is 15.2. The lowest BCUT2D eigenvalue weighted by atomic mass is 9.73. The zero-order valence-corrected chi connectivity index (χ0v) is 20.0. The van der Waals surface area contributed by atoms with Gasteiger partial charge in [0.1, 0.15) is 17.0 Å². The summed E-state index contributed by atoms with van der Waals surface area (Å²) in [6, 6.07) is 7.99. The van der Waals surface area contributed by atoms with Crippen LogP contribution in [0.2, 0.25) is 0 Å². The molecule has 1 aromatic carbocycles. The maximum atomic E-state index is 10.9. The minimum Gasteiger partial charge on any atom is -0.488 e. The number of benzene rings is 1. The molecule has 1 aromatic heterocycles. The van der Waals surface area contributed by atoms with E-state index in [1.54, 1.807) is 18.3 Å². The average Bonchev–Trinajstić information content (AvgIpc) is 2.69. The third-order valence-electron chi connectivity index (χ3n) is 5.99. The highest BCUT2D eigenvalue weighted by atomic mass is 16.5. The predicted octanol–water partition coefficient (Wildman–Crippen LogP) is 6.07. The molecule has 1 N–H and O–H groups in total. The number of fused-ring (bicyclic) bond motifs is 1. The molecule has 2 heterocycles. The van der Waals surface area contributed by atoms with E-state index in [1.807, 2.05) is 0 Å². The third-order valence-corrected chi connectivity index (χ3v) is 5.99. The molecule has 0 aliphatic carbocycles. The van der Waals surface area contributed by atoms with Gasteiger partial charge in [-0.1, -0.05) is 52.0 Å². The van der Waals surface area contributed by atoms with Gasteiger partial charge in [-0.15, -0.1) is 0 Å². The maximum Gasteiger partial charge on any atom is 0.307 e. The number of unbranched alkanes of at least 4 members (excludes halogenated alkanes) is 3. The van der Waals surface area contributed by atoms with Crippen LogP contribution in [0.4, 0.5) is 0 Å². The van der Waals surface area contributed by atoms with Crippen LogP contribution in [0.1, 0.15) is 94.7 Å². The number of rotatable bonds is 7. The molecule has 3 rings (SSSR count). The van der Waals surface area contributed by atoms with Crippen molar-refractivity contribution in [2.75, 3.05) is 0 Å². The van der Waals surface area contributed by atoms with E-state index in [-0.39, 0.29) is 17.4 Å². The molecule has 4 nitrogen and oxygen atoms in total. The van der Waals surface area contributed by atoms with Crippen molar-refractivity contribution in [1.29, 1.82) is 0 Å². The summed E-state index contributed by atoms with van der Waals surface area (Å²) in [5.41, 5.74) is 4.61. The molecule has 4 heteroatoms. The fourth-order valence-corrected chi connectivity index (χ4v) is 4.70. The first-order valence-electron chi connectivity index (χ1n) is 11.6. The van der Waals surface area contributed by atoms with E-state index in [0.717, 1.165) is 30.6 Å². The van der Waals surface area contributed by atoms with Crippen LogP contribution < -0.4 is 4.74 Å². The topological polar surface area (TPSA) is 59.4 Å². The molecule has 0 saturated carbocycles. The molecule has 1 aliphatic heterocycles. The number of carboxylic acids is 1. The van der Waals surface area contributed by atoms with E-state index in [9.17, 15) is 4.79 Å². The number of aryl methyl sites for hydroxylation is 1. The monoisotopic (exact) mass is 433 g/mol. The van der Waals surface area contributed by atoms with Crippen LogP contribution in [-0.4, -0.2) is 21.7 Å². The summed E-state index contributed by atoms with van der Waals surface area (Å²) >= 11 is 0. The highest BCUT2D eigenvalue weighted by Crippen LogP contribution is 2.45. The third kappa shape index (κ3) is 6.13. The number of aliphatic carboxylic acids is 1. The first kappa shape index (κ1) is 23.9. The van der Waals surface area contributed by atoms with Gasteiger partial charge < -0.3 is 9.84 Å². The predicted molar refractivity (Wildman–Crippen MR) is 128 cm³/mol. The number of aromatic nitrogens is 1. The summed E-state index contributed by atoms with van der Waals surface area (Å²) in [6.07, 6.45) is 8.30. The van der Waals surface area contributed by atoms with Gasteiger partial charge in [-0.2, -0.15) is 0 Å². The van der Waals surface area contributed by atoms with Gasteiger partial charge in [0.15, 0.2) is 0 Å². The lowest BCUT2D eigenvalue weighted by Crippen LogP contribution is -2.41. The van der Waals surface area contributed by atoms with Crippen molar-refractivity contribution < 1.29 is 14.6 Å². The minimum atomic E-state index is -0.861. The van der Waals surface area contributed by atoms with E-state index >= 15 is 0 Å². The van der Waals surface area contributed by atoms with Gasteiger partial charge in [-0.3, -0.25) is 4.79 Å². The molecular formula is C28H35NO3. The zero-order chi connectivity index (χ0) is 23.4. The van der Waals surface area contributed by atoms with Crippen molar-refractivity contribution >= 4 is 5.97 Å². The van der Waals surface area contributed by atoms with Crippen LogP contribution in [0, 0.1) is 11.8 Å². The summed E-state index contributed by atoms with van der Waals surface area (Å²) in [5, 5.41) is 8.93. The van der Waals surface area contributed by atoms with Crippen LogP contribution in [0.5, 0.6) is 5.75 Å². The molecule has 0 saturated heterocycles. The van der Waals surface area contributed by atoms with E-state index in [0.29, 0.717) is 11.3 Å².